The molecule has 38 heavy (non-hydrogen) atoms. The smallest absolute Gasteiger partial charge is 0.410 e. The highest BCUT2D eigenvalue weighted by atomic mass is 16.6. The van der Waals surface area contributed by atoms with Crippen LogP contribution in [0.2, 0.25) is 0 Å². The van der Waals surface area contributed by atoms with Crippen molar-refractivity contribution in [1.29, 1.82) is 0 Å². The molecule has 8 heteroatoms. The number of benzene rings is 3. The maximum Gasteiger partial charge on any atom is 0.410 e. The van der Waals surface area contributed by atoms with Crippen molar-refractivity contribution in [2.45, 2.75) is 38.8 Å². The van der Waals surface area contributed by atoms with Crippen LogP contribution in [0.25, 0.3) is 16.8 Å². The van der Waals surface area contributed by atoms with Crippen molar-refractivity contribution >= 4 is 28.8 Å². The first-order chi connectivity index (χ1) is 18.2. The number of hydrogen-bond acceptors (Lipinski definition) is 6. The molecule has 0 spiro atoms. The second-order valence-electron chi connectivity index (χ2n) is 10.4. The maximum atomic E-state index is 12.4. The number of nitrogens with one attached hydrogen (secondary N) is 2. The fourth-order valence-electron chi connectivity index (χ4n) is 4.36. The van der Waals surface area contributed by atoms with Crippen LogP contribution in [0.1, 0.15) is 43.1 Å². The monoisotopic (exact) mass is 517 g/mol. The second-order valence-corrected chi connectivity index (χ2v) is 10.4. The van der Waals surface area contributed by atoms with Gasteiger partial charge < -0.3 is 19.7 Å². The van der Waals surface area contributed by atoms with E-state index in [9.17, 15) is 9.59 Å². The van der Waals surface area contributed by atoms with Crippen molar-refractivity contribution in [3.63, 3.8) is 0 Å². The summed E-state index contributed by atoms with van der Waals surface area (Å²) < 4.78 is 11.8. The molecular weight excluding hydrogens is 482 g/mol. The van der Waals surface area contributed by atoms with Crippen molar-refractivity contribution in [2.75, 3.05) is 26.2 Å². The van der Waals surface area contributed by atoms with Gasteiger partial charge in [-0.25, -0.2) is 10.3 Å². The zero-order valence-corrected chi connectivity index (χ0v) is 22.1. The summed E-state index contributed by atoms with van der Waals surface area (Å²) >= 11 is 0. The predicted molar refractivity (Wildman–Crippen MR) is 147 cm³/mol. The normalized spacial score (nSPS) is 15.9. The molecule has 200 valence electrons. The molecule has 1 aliphatic rings. The van der Waals surface area contributed by atoms with Gasteiger partial charge in [0, 0.05) is 36.6 Å². The third-order valence-corrected chi connectivity index (χ3v) is 6.27. The summed E-state index contributed by atoms with van der Waals surface area (Å²) in [5, 5.41) is 14.6. The van der Waals surface area contributed by atoms with E-state index in [1.807, 2.05) is 69.3 Å². The van der Waals surface area contributed by atoms with Crippen LogP contribution in [0.5, 0.6) is 5.75 Å². The molecule has 0 aromatic heterocycles. The minimum Gasteiger partial charge on any atom is -0.489 e. The Morgan fingerprint density at radius 1 is 1.05 bits per heavy atom. The molecule has 0 bridgehead atoms. The molecular formula is C30H35N3O5. The van der Waals surface area contributed by atoms with Gasteiger partial charge in [0.15, 0.2) is 0 Å². The van der Waals surface area contributed by atoms with Crippen LogP contribution in [0.15, 0.2) is 72.3 Å². The van der Waals surface area contributed by atoms with E-state index in [0.717, 1.165) is 34.1 Å². The minimum atomic E-state index is -0.558. The standard InChI is InChI=1S/C30H35N3O5/c1-30(2,3)38-29(35)33-16-15-25(19-33)31-18-22(17-21-11-13-24(14-12-21)28(34)32-36)20-37-27-10-6-8-23-7-4-5-9-26(23)27/h4-14,17,25,31,36H,15-16,18-20H2,1-3H3,(H,32,34). The molecule has 3 N–H and O–H groups in total. The Hall–Kier alpha value is -3.88. The van der Waals surface area contributed by atoms with Crippen molar-refractivity contribution < 1.29 is 24.3 Å². The van der Waals surface area contributed by atoms with Crippen LogP contribution in [0, 0.1) is 0 Å². The van der Waals surface area contributed by atoms with Crippen molar-refractivity contribution in [3.05, 3.63) is 83.4 Å². The number of nitrogens with zero attached hydrogens (tertiary/aromatic N) is 1. The third kappa shape index (κ3) is 7.34. The van der Waals surface area contributed by atoms with Gasteiger partial charge in [-0.3, -0.25) is 10.0 Å². The summed E-state index contributed by atoms with van der Waals surface area (Å²) in [4.78, 5) is 25.9. The van der Waals surface area contributed by atoms with Gasteiger partial charge in [0.2, 0.25) is 0 Å². The van der Waals surface area contributed by atoms with E-state index in [1.54, 1.807) is 22.5 Å². The molecule has 3 aromatic carbocycles. The zero-order chi connectivity index (χ0) is 27.1. The first kappa shape index (κ1) is 27.2. The van der Waals surface area contributed by atoms with Crippen LogP contribution in [-0.4, -0.2) is 60.0 Å². The Bertz CT molecular complexity index is 1290. The van der Waals surface area contributed by atoms with E-state index >= 15 is 0 Å². The van der Waals surface area contributed by atoms with E-state index < -0.39 is 11.5 Å². The van der Waals surface area contributed by atoms with Crippen LogP contribution in [-0.2, 0) is 4.74 Å². The van der Waals surface area contributed by atoms with E-state index in [4.69, 9.17) is 14.7 Å². The van der Waals surface area contributed by atoms with Gasteiger partial charge in [-0.15, -0.1) is 0 Å². The number of rotatable bonds is 8. The number of likely N-dealkylation sites (tertiary alicyclic amines) is 1. The highest BCUT2D eigenvalue weighted by Crippen LogP contribution is 2.26. The van der Waals surface area contributed by atoms with Crippen LogP contribution >= 0.6 is 0 Å². The summed E-state index contributed by atoms with van der Waals surface area (Å²) in [6, 6.07) is 21.2. The lowest BCUT2D eigenvalue weighted by Gasteiger charge is -2.24. The number of hydroxylamine groups is 1. The highest BCUT2D eigenvalue weighted by molar-refractivity contribution is 5.93. The molecule has 1 saturated heterocycles. The maximum absolute atomic E-state index is 12.4. The number of ether oxygens (including phenoxy) is 2. The number of carbonyl (C=O) groups is 2. The predicted octanol–water partition coefficient (Wildman–Crippen LogP) is 5.02. The number of hydrogen-bond donors (Lipinski definition) is 3. The van der Waals surface area contributed by atoms with Crippen molar-refractivity contribution in [1.82, 2.24) is 15.7 Å². The lowest BCUT2D eigenvalue weighted by Crippen LogP contribution is -2.39. The molecule has 0 radical (unpaired) electrons. The molecule has 1 aliphatic heterocycles. The van der Waals surface area contributed by atoms with Gasteiger partial charge in [0.05, 0.1) is 0 Å². The summed E-state index contributed by atoms with van der Waals surface area (Å²) in [6.45, 7) is 7.76. The zero-order valence-electron chi connectivity index (χ0n) is 22.1. The van der Waals surface area contributed by atoms with Gasteiger partial charge >= 0.3 is 6.09 Å². The molecule has 8 nitrogen and oxygen atoms in total. The lowest BCUT2D eigenvalue weighted by atomic mass is 10.1. The summed E-state index contributed by atoms with van der Waals surface area (Å²) in [5.41, 5.74) is 3.40. The first-order valence-electron chi connectivity index (χ1n) is 12.8. The average Bonchev–Trinajstić information content (AvgIpc) is 3.38. The average molecular weight is 518 g/mol. The molecule has 1 atom stereocenters. The molecule has 1 fully saturated rings. The molecule has 0 saturated carbocycles. The van der Waals surface area contributed by atoms with Gasteiger partial charge in [0.1, 0.15) is 18.0 Å². The quantitative estimate of drug-likeness (QED) is 0.287. The molecule has 1 unspecified atom stereocenters. The highest BCUT2D eigenvalue weighted by Gasteiger charge is 2.29. The Labute approximate surface area is 223 Å². The Balaban J connectivity index is 1.46. The van der Waals surface area contributed by atoms with E-state index in [-0.39, 0.29) is 12.1 Å². The first-order valence-corrected chi connectivity index (χ1v) is 12.8. The molecule has 3 aromatic rings. The Morgan fingerprint density at radius 2 is 1.79 bits per heavy atom. The van der Waals surface area contributed by atoms with Gasteiger partial charge in [0.25, 0.3) is 5.91 Å². The second kappa shape index (κ2) is 12.1. The number of fused-ring (bicyclic) bond motifs is 1. The van der Waals surface area contributed by atoms with E-state index in [0.29, 0.717) is 31.8 Å². The Kier molecular flexibility index (Phi) is 8.66. The van der Waals surface area contributed by atoms with Crippen molar-refractivity contribution in [2.24, 2.45) is 0 Å². The molecule has 2 amide bonds. The molecule has 0 aliphatic carbocycles. The topological polar surface area (TPSA) is 100 Å². The van der Waals surface area contributed by atoms with Crippen LogP contribution < -0.4 is 15.5 Å². The fraction of sp³-hybridized carbons (Fsp3) is 0.333. The van der Waals surface area contributed by atoms with E-state index in [1.165, 1.54) is 0 Å². The summed E-state index contributed by atoms with van der Waals surface area (Å²) in [7, 11) is 0. The van der Waals surface area contributed by atoms with Crippen LogP contribution in [0.3, 0.4) is 0 Å². The fourth-order valence-corrected chi connectivity index (χ4v) is 4.36. The lowest BCUT2D eigenvalue weighted by molar-refractivity contribution is 0.0291. The Morgan fingerprint density at radius 3 is 2.53 bits per heavy atom. The van der Waals surface area contributed by atoms with E-state index in [2.05, 4.69) is 17.4 Å². The third-order valence-electron chi connectivity index (χ3n) is 6.27. The van der Waals surface area contributed by atoms with Gasteiger partial charge in [-0.1, -0.05) is 54.6 Å². The van der Waals surface area contributed by atoms with Crippen LogP contribution in [0.4, 0.5) is 4.79 Å². The summed E-state index contributed by atoms with van der Waals surface area (Å²) in [6.07, 6.45) is 2.57. The van der Waals surface area contributed by atoms with Crippen molar-refractivity contribution in [3.8, 4) is 5.75 Å². The largest absolute Gasteiger partial charge is 0.489 e. The van der Waals surface area contributed by atoms with Gasteiger partial charge in [-0.2, -0.15) is 0 Å². The number of carbonyl (C=O) groups excluding carboxylic acids is 2. The van der Waals surface area contributed by atoms with Gasteiger partial charge in [-0.05, 0) is 61.9 Å². The number of amides is 2. The molecule has 1 heterocycles. The molecule has 4 rings (SSSR count). The minimum absolute atomic E-state index is 0.138. The summed E-state index contributed by atoms with van der Waals surface area (Å²) in [5.74, 6) is 0.249. The SMILES string of the molecule is CC(C)(C)OC(=O)N1CCC(NCC(=Cc2ccc(C(=O)NO)cc2)COc2cccc3ccccc23)C1.